The summed E-state index contributed by atoms with van der Waals surface area (Å²) >= 11 is 0. The molecule has 1 fully saturated rings. The van der Waals surface area contributed by atoms with Gasteiger partial charge in [-0.05, 0) is 19.2 Å². The van der Waals surface area contributed by atoms with Gasteiger partial charge in [-0.25, -0.2) is 0 Å². The molecule has 0 unspecified atom stereocenters. The number of rotatable bonds is 3. The van der Waals surface area contributed by atoms with E-state index >= 15 is 0 Å². The summed E-state index contributed by atoms with van der Waals surface area (Å²) in [5.74, 6) is 0. The van der Waals surface area contributed by atoms with E-state index in [0.717, 1.165) is 49.3 Å². The molecule has 2 aromatic rings. The van der Waals surface area contributed by atoms with Gasteiger partial charge in [-0.15, -0.1) is 0 Å². The van der Waals surface area contributed by atoms with Crippen molar-refractivity contribution in [3.8, 4) is 0 Å². The SMILES string of the molecule is CN1CCN(Cc2ccc3cc([N+](=O)[O-])ccc3n2)CC1. The van der Waals surface area contributed by atoms with Crippen molar-refractivity contribution in [2.24, 2.45) is 0 Å². The average Bonchev–Trinajstić information content (AvgIpc) is 2.49. The van der Waals surface area contributed by atoms with Crippen molar-refractivity contribution >= 4 is 16.6 Å². The van der Waals surface area contributed by atoms with Crippen molar-refractivity contribution < 1.29 is 4.92 Å². The first-order valence-electron chi connectivity index (χ1n) is 7.07. The molecule has 1 aliphatic heterocycles. The molecule has 1 aromatic carbocycles. The summed E-state index contributed by atoms with van der Waals surface area (Å²) in [6.45, 7) is 5.10. The smallest absolute Gasteiger partial charge is 0.270 e. The predicted octanol–water partition coefficient (Wildman–Crippen LogP) is 1.89. The second-order valence-electron chi connectivity index (χ2n) is 5.52. The zero-order valence-electron chi connectivity index (χ0n) is 12.0. The van der Waals surface area contributed by atoms with Gasteiger partial charge in [0.15, 0.2) is 0 Å². The summed E-state index contributed by atoms with van der Waals surface area (Å²) in [7, 11) is 2.14. The molecule has 0 atom stereocenters. The molecule has 0 bridgehead atoms. The third-order valence-electron chi connectivity index (χ3n) is 3.92. The molecule has 1 aliphatic rings. The first-order chi connectivity index (χ1) is 10.1. The lowest BCUT2D eigenvalue weighted by atomic mass is 10.1. The average molecular weight is 286 g/mol. The molecule has 3 rings (SSSR count). The number of benzene rings is 1. The van der Waals surface area contributed by atoms with Crippen LogP contribution in [0.25, 0.3) is 10.9 Å². The highest BCUT2D eigenvalue weighted by atomic mass is 16.6. The number of pyridine rings is 1. The van der Waals surface area contributed by atoms with Crippen LogP contribution in [-0.2, 0) is 6.54 Å². The summed E-state index contributed by atoms with van der Waals surface area (Å²) < 4.78 is 0. The largest absolute Gasteiger partial charge is 0.304 e. The second-order valence-corrected chi connectivity index (χ2v) is 5.52. The van der Waals surface area contributed by atoms with Crippen LogP contribution in [0, 0.1) is 10.1 Å². The van der Waals surface area contributed by atoms with Crippen molar-refractivity contribution in [2.45, 2.75) is 6.54 Å². The normalized spacial score (nSPS) is 17.2. The number of nitro benzene ring substituents is 1. The van der Waals surface area contributed by atoms with Crippen LogP contribution < -0.4 is 0 Å². The predicted molar refractivity (Wildman–Crippen MR) is 81.2 cm³/mol. The van der Waals surface area contributed by atoms with E-state index in [0.29, 0.717) is 0 Å². The fraction of sp³-hybridized carbons (Fsp3) is 0.400. The van der Waals surface area contributed by atoms with Crippen molar-refractivity contribution in [1.29, 1.82) is 0 Å². The Labute approximate surface area is 123 Å². The van der Waals surface area contributed by atoms with Gasteiger partial charge in [0, 0.05) is 50.2 Å². The number of piperazine rings is 1. The Hall–Kier alpha value is -2.05. The number of nitro groups is 1. The lowest BCUT2D eigenvalue weighted by Gasteiger charge is -2.32. The van der Waals surface area contributed by atoms with E-state index in [1.54, 1.807) is 12.1 Å². The fourth-order valence-electron chi connectivity index (χ4n) is 2.59. The lowest BCUT2D eigenvalue weighted by Crippen LogP contribution is -2.43. The van der Waals surface area contributed by atoms with E-state index < -0.39 is 0 Å². The molecule has 0 amide bonds. The second kappa shape index (κ2) is 5.75. The summed E-state index contributed by atoms with van der Waals surface area (Å²) in [4.78, 5) is 19.7. The standard InChI is InChI=1S/C15H18N4O2/c1-17-6-8-18(9-7-17)11-13-3-2-12-10-14(19(20)21)4-5-15(12)16-13/h2-5,10H,6-9,11H2,1H3. The summed E-state index contributed by atoms with van der Waals surface area (Å²) in [6.07, 6.45) is 0. The molecule has 0 spiro atoms. The zero-order valence-corrected chi connectivity index (χ0v) is 12.0. The topological polar surface area (TPSA) is 62.5 Å². The molecule has 0 aliphatic carbocycles. The van der Waals surface area contributed by atoms with Gasteiger partial charge in [0.2, 0.25) is 0 Å². The molecule has 0 radical (unpaired) electrons. The van der Waals surface area contributed by atoms with Crippen LogP contribution in [0.4, 0.5) is 5.69 Å². The Bertz CT molecular complexity index is 666. The molecule has 1 aromatic heterocycles. The lowest BCUT2D eigenvalue weighted by molar-refractivity contribution is -0.384. The van der Waals surface area contributed by atoms with Gasteiger partial charge in [-0.2, -0.15) is 0 Å². The highest BCUT2D eigenvalue weighted by molar-refractivity contribution is 5.81. The first-order valence-corrected chi connectivity index (χ1v) is 7.07. The van der Waals surface area contributed by atoms with Crippen LogP contribution in [0.5, 0.6) is 0 Å². The van der Waals surface area contributed by atoms with Gasteiger partial charge < -0.3 is 4.90 Å². The van der Waals surface area contributed by atoms with E-state index in [9.17, 15) is 10.1 Å². The van der Waals surface area contributed by atoms with E-state index in [1.165, 1.54) is 6.07 Å². The van der Waals surface area contributed by atoms with Gasteiger partial charge in [0.1, 0.15) is 0 Å². The number of likely N-dealkylation sites (N-methyl/N-ethyl adjacent to an activating group) is 1. The van der Waals surface area contributed by atoms with Crippen LogP contribution in [-0.4, -0.2) is 52.9 Å². The molecule has 110 valence electrons. The van der Waals surface area contributed by atoms with Gasteiger partial charge in [0.05, 0.1) is 16.1 Å². The number of fused-ring (bicyclic) bond motifs is 1. The van der Waals surface area contributed by atoms with Gasteiger partial charge >= 0.3 is 0 Å². The molecular formula is C15H18N4O2. The summed E-state index contributed by atoms with van der Waals surface area (Å²) in [5.41, 5.74) is 1.93. The molecule has 2 heterocycles. The molecule has 1 saturated heterocycles. The third kappa shape index (κ3) is 3.17. The van der Waals surface area contributed by atoms with Crippen LogP contribution in [0.15, 0.2) is 30.3 Å². The summed E-state index contributed by atoms with van der Waals surface area (Å²) in [6, 6.07) is 8.68. The monoisotopic (exact) mass is 286 g/mol. The molecule has 21 heavy (non-hydrogen) atoms. The highest BCUT2D eigenvalue weighted by Gasteiger charge is 2.14. The Morgan fingerprint density at radius 2 is 1.95 bits per heavy atom. The zero-order chi connectivity index (χ0) is 14.8. The Kier molecular flexibility index (Phi) is 3.81. The molecule has 0 saturated carbocycles. The fourth-order valence-corrected chi connectivity index (χ4v) is 2.59. The third-order valence-corrected chi connectivity index (χ3v) is 3.92. The number of nitrogens with zero attached hydrogens (tertiary/aromatic N) is 4. The maximum Gasteiger partial charge on any atom is 0.270 e. The number of hydrogen-bond donors (Lipinski definition) is 0. The number of hydrogen-bond acceptors (Lipinski definition) is 5. The highest BCUT2D eigenvalue weighted by Crippen LogP contribution is 2.20. The van der Waals surface area contributed by atoms with E-state index in [1.807, 2.05) is 12.1 Å². The minimum atomic E-state index is -0.377. The minimum Gasteiger partial charge on any atom is -0.304 e. The Balaban J connectivity index is 1.78. The van der Waals surface area contributed by atoms with Crippen LogP contribution >= 0.6 is 0 Å². The molecule has 6 heteroatoms. The quantitative estimate of drug-likeness (QED) is 0.637. The number of non-ortho nitro benzene ring substituents is 1. The summed E-state index contributed by atoms with van der Waals surface area (Å²) in [5, 5.41) is 11.6. The van der Waals surface area contributed by atoms with Gasteiger partial charge in [-0.1, -0.05) is 6.07 Å². The molecule has 0 N–H and O–H groups in total. The molecular weight excluding hydrogens is 268 g/mol. The van der Waals surface area contributed by atoms with Crippen molar-refractivity contribution in [3.63, 3.8) is 0 Å². The number of aromatic nitrogens is 1. The van der Waals surface area contributed by atoms with E-state index in [4.69, 9.17) is 0 Å². The van der Waals surface area contributed by atoms with E-state index in [2.05, 4.69) is 21.8 Å². The van der Waals surface area contributed by atoms with Crippen molar-refractivity contribution in [1.82, 2.24) is 14.8 Å². The maximum atomic E-state index is 10.8. The maximum absolute atomic E-state index is 10.8. The van der Waals surface area contributed by atoms with Crippen LogP contribution in [0.2, 0.25) is 0 Å². The minimum absolute atomic E-state index is 0.108. The van der Waals surface area contributed by atoms with Gasteiger partial charge in [0.25, 0.3) is 5.69 Å². The molecule has 6 nitrogen and oxygen atoms in total. The Morgan fingerprint density at radius 3 is 2.67 bits per heavy atom. The van der Waals surface area contributed by atoms with Crippen molar-refractivity contribution in [3.05, 3.63) is 46.1 Å². The van der Waals surface area contributed by atoms with Crippen LogP contribution in [0.1, 0.15) is 5.69 Å². The van der Waals surface area contributed by atoms with E-state index in [-0.39, 0.29) is 10.6 Å². The van der Waals surface area contributed by atoms with Gasteiger partial charge in [-0.3, -0.25) is 20.0 Å². The van der Waals surface area contributed by atoms with Crippen LogP contribution in [0.3, 0.4) is 0 Å². The Morgan fingerprint density at radius 1 is 1.19 bits per heavy atom. The first kappa shape index (κ1) is 13.9. The van der Waals surface area contributed by atoms with Crippen molar-refractivity contribution in [2.75, 3.05) is 33.2 Å².